The van der Waals surface area contributed by atoms with E-state index in [0.29, 0.717) is 0 Å². The third-order valence-corrected chi connectivity index (χ3v) is 6.84. The van der Waals surface area contributed by atoms with Gasteiger partial charge in [0, 0.05) is 55.4 Å². The molecule has 0 radical (unpaired) electrons. The Kier molecular flexibility index (Phi) is 11.8. The number of nitrogens with zero attached hydrogens (tertiary/aromatic N) is 2. The van der Waals surface area contributed by atoms with Gasteiger partial charge in [0.1, 0.15) is 18.8 Å². The molecule has 2 aliphatic heterocycles. The second-order valence-electron chi connectivity index (χ2n) is 10.7. The lowest BCUT2D eigenvalue weighted by molar-refractivity contribution is -0.251. The van der Waals surface area contributed by atoms with E-state index in [0.717, 1.165) is 60.3 Å². The summed E-state index contributed by atoms with van der Waals surface area (Å²) in [6.45, 7) is 8.00. The van der Waals surface area contributed by atoms with E-state index in [1.54, 1.807) is 0 Å². The van der Waals surface area contributed by atoms with Crippen LogP contribution in [0.4, 0.5) is 0 Å². The molecule has 0 unspecified atom stereocenters. The van der Waals surface area contributed by atoms with Gasteiger partial charge in [-0.15, -0.1) is 0 Å². The minimum atomic E-state index is -1.69. The van der Waals surface area contributed by atoms with Crippen molar-refractivity contribution in [3.8, 4) is 0 Å². The fraction of sp³-hybridized carbons (Fsp3) is 0.679. The van der Waals surface area contributed by atoms with Gasteiger partial charge in [-0.1, -0.05) is 0 Å². The molecule has 3 fully saturated rings. The van der Waals surface area contributed by atoms with Gasteiger partial charge in [0.25, 0.3) is 6.02 Å². The molecule has 47 heavy (non-hydrogen) atoms. The first-order valence-corrected chi connectivity index (χ1v) is 14.3. The van der Waals surface area contributed by atoms with Crippen LogP contribution in [0.15, 0.2) is 4.99 Å². The van der Waals surface area contributed by atoms with Crippen molar-refractivity contribution in [2.75, 3.05) is 6.61 Å². The van der Waals surface area contributed by atoms with Crippen molar-refractivity contribution in [1.29, 1.82) is 0 Å². The minimum absolute atomic E-state index is 0.510. The third-order valence-electron chi connectivity index (χ3n) is 6.84. The number of amidine groups is 1. The highest BCUT2D eigenvalue weighted by Crippen LogP contribution is 2.40. The summed E-state index contributed by atoms with van der Waals surface area (Å²) in [4.78, 5) is 103. The summed E-state index contributed by atoms with van der Waals surface area (Å²) in [5, 5.41) is 0. The normalized spacial score (nSPS) is 31.8. The van der Waals surface area contributed by atoms with E-state index in [9.17, 15) is 38.4 Å². The Hall–Kier alpha value is -4.81. The van der Waals surface area contributed by atoms with E-state index >= 15 is 0 Å². The number of amides is 1. The van der Waals surface area contributed by atoms with Gasteiger partial charge in [0.2, 0.25) is 5.91 Å². The first kappa shape index (κ1) is 36.7. The van der Waals surface area contributed by atoms with Gasteiger partial charge < -0.3 is 42.6 Å². The number of ether oxygens (including phenoxy) is 9. The number of rotatable bonds is 9. The summed E-state index contributed by atoms with van der Waals surface area (Å²) in [5.74, 6) is -6.57. The Bertz CT molecular complexity index is 1330. The van der Waals surface area contributed by atoms with Gasteiger partial charge in [0.05, 0.1) is 0 Å². The topological polar surface area (TPSA) is 235 Å². The molecule has 0 bridgehead atoms. The van der Waals surface area contributed by atoms with Crippen LogP contribution < -0.4 is 0 Å². The van der Waals surface area contributed by atoms with Crippen LogP contribution in [0, 0.1) is 0 Å². The number of fused-ring (bicyclic) bond motifs is 1. The predicted octanol–water partition coefficient (Wildman–Crippen LogP) is -1.15. The fourth-order valence-electron chi connectivity index (χ4n) is 5.52. The Morgan fingerprint density at radius 2 is 1.00 bits per heavy atom. The molecule has 3 aliphatic rings. The molecule has 2 saturated heterocycles. The highest BCUT2D eigenvalue weighted by Gasteiger charge is 2.65. The van der Waals surface area contributed by atoms with Crippen LogP contribution in [0.5, 0.6) is 0 Å². The average molecular weight is 673 g/mol. The number of hydrogen-bond acceptors (Lipinski definition) is 18. The summed E-state index contributed by atoms with van der Waals surface area (Å²) in [7, 11) is 0. The number of aliphatic imine (C=N–C) groups is 1. The Morgan fingerprint density at radius 3 is 1.47 bits per heavy atom. The molecule has 1 aliphatic carbocycles. The van der Waals surface area contributed by atoms with Gasteiger partial charge in [-0.25, -0.2) is 0 Å². The molecule has 0 aromatic rings. The largest absolute Gasteiger partial charge is 0.463 e. The molecular formula is C28H36N2O17. The van der Waals surface area contributed by atoms with Gasteiger partial charge in [0.15, 0.2) is 49.0 Å². The van der Waals surface area contributed by atoms with Crippen molar-refractivity contribution in [1.82, 2.24) is 4.90 Å². The van der Waals surface area contributed by atoms with E-state index in [4.69, 9.17) is 42.6 Å². The van der Waals surface area contributed by atoms with Crippen LogP contribution in [-0.2, 0) is 81.0 Å². The van der Waals surface area contributed by atoms with Gasteiger partial charge in [-0.3, -0.25) is 43.3 Å². The number of hydrogen-bond donors (Lipinski definition) is 0. The van der Waals surface area contributed by atoms with Crippen molar-refractivity contribution in [2.45, 2.75) is 116 Å². The van der Waals surface area contributed by atoms with Crippen LogP contribution >= 0.6 is 0 Å². The molecule has 1 saturated carbocycles. The molecule has 0 aromatic carbocycles. The maximum Gasteiger partial charge on any atom is 0.303 e. The van der Waals surface area contributed by atoms with Gasteiger partial charge in [-0.05, 0) is 0 Å². The Labute approximate surface area is 268 Å². The minimum Gasteiger partial charge on any atom is -0.463 e. The number of carbonyl (C=O) groups excluding carboxylic acids is 8. The summed E-state index contributed by atoms with van der Waals surface area (Å²) in [5.41, 5.74) is 0. The smallest absolute Gasteiger partial charge is 0.303 e. The molecule has 3 rings (SSSR count). The lowest BCUT2D eigenvalue weighted by Crippen LogP contribution is -2.62. The summed E-state index contributed by atoms with van der Waals surface area (Å²) in [6, 6.07) is -1.78. The van der Waals surface area contributed by atoms with E-state index < -0.39 is 121 Å². The van der Waals surface area contributed by atoms with Gasteiger partial charge in [-0.2, -0.15) is 4.99 Å². The first-order valence-electron chi connectivity index (χ1n) is 14.3. The van der Waals surface area contributed by atoms with E-state index in [1.807, 2.05) is 0 Å². The Balaban J connectivity index is 2.17. The molecule has 0 spiro atoms. The van der Waals surface area contributed by atoms with Crippen molar-refractivity contribution < 1.29 is 81.0 Å². The zero-order valence-electron chi connectivity index (χ0n) is 26.8. The molecule has 0 aromatic heterocycles. The zero-order chi connectivity index (χ0) is 35.3. The van der Waals surface area contributed by atoms with Crippen LogP contribution in [0.3, 0.4) is 0 Å². The SMILES string of the molecule is CC(=O)OC[C@H]1O[C@H](/N=C2\O[C@@H]3[C@@H](OC(C)=O)[C@H](OC(C)=O)[C@@H](OC(C)=O)[C@@H]3N2C(C)=O)[C@H](OC(C)=O)[C@@H](OC(C)=O)[C@@H]1OC(C)=O. The molecule has 19 nitrogen and oxygen atoms in total. The lowest BCUT2D eigenvalue weighted by Gasteiger charge is -2.43. The fourth-order valence-corrected chi connectivity index (χ4v) is 5.52. The molecule has 2 heterocycles. The predicted molar refractivity (Wildman–Crippen MR) is 147 cm³/mol. The second-order valence-corrected chi connectivity index (χ2v) is 10.7. The second kappa shape index (κ2) is 15.2. The van der Waals surface area contributed by atoms with E-state index in [2.05, 4.69) is 4.99 Å². The highest BCUT2D eigenvalue weighted by atomic mass is 16.7. The molecular weight excluding hydrogens is 636 g/mol. The molecule has 0 N–H and O–H groups in total. The van der Waals surface area contributed by atoms with Crippen molar-refractivity contribution >= 4 is 53.7 Å². The van der Waals surface area contributed by atoms with Crippen LogP contribution in [0.2, 0.25) is 0 Å². The van der Waals surface area contributed by atoms with Crippen molar-refractivity contribution in [3.05, 3.63) is 0 Å². The number of esters is 7. The van der Waals surface area contributed by atoms with Gasteiger partial charge >= 0.3 is 41.8 Å². The quantitative estimate of drug-likeness (QED) is 0.208. The van der Waals surface area contributed by atoms with E-state index in [-0.39, 0.29) is 0 Å². The zero-order valence-corrected chi connectivity index (χ0v) is 26.8. The molecule has 260 valence electrons. The molecule has 1 amide bonds. The summed E-state index contributed by atoms with van der Waals surface area (Å²) >= 11 is 0. The third kappa shape index (κ3) is 8.93. The number of carbonyl (C=O) groups is 8. The first-order chi connectivity index (χ1) is 21.9. The van der Waals surface area contributed by atoms with Crippen molar-refractivity contribution in [2.24, 2.45) is 4.99 Å². The van der Waals surface area contributed by atoms with Crippen LogP contribution in [-0.4, -0.2) is 126 Å². The molecule has 10 atom stereocenters. The highest BCUT2D eigenvalue weighted by molar-refractivity contribution is 5.95. The maximum atomic E-state index is 13.1. The monoisotopic (exact) mass is 672 g/mol. The van der Waals surface area contributed by atoms with Crippen LogP contribution in [0.25, 0.3) is 0 Å². The standard InChI is InChI=1S/C28H36N2O17/c1-10(31)30-19-21(41-13(4)34)24(43-15(6)36)25(44-16(7)37)22(19)47-28(30)29-27-26(45-17(8)38)23(42-14(5)35)20(40-12(3)33)18(46-27)9-39-11(2)32/h18-27H,9H2,1-8H3/b29-28-/t18-,19+,20-,21+,22+,23+,24-,25-,26-,27+/m1/s1. The summed E-state index contributed by atoms with van der Waals surface area (Å²) < 4.78 is 49.3. The van der Waals surface area contributed by atoms with Crippen LogP contribution in [0.1, 0.15) is 55.4 Å². The van der Waals surface area contributed by atoms with Crippen molar-refractivity contribution in [3.63, 3.8) is 0 Å². The summed E-state index contributed by atoms with van der Waals surface area (Å²) in [6.07, 6.45) is -13.3. The molecule has 19 heteroatoms. The Morgan fingerprint density at radius 1 is 0.574 bits per heavy atom. The van der Waals surface area contributed by atoms with E-state index in [1.165, 1.54) is 0 Å². The maximum absolute atomic E-state index is 13.1. The average Bonchev–Trinajstić information content (AvgIpc) is 3.40. The lowest BCUT2D eigenvalue weighted by atomic mass is 9.97.